The van der Waals surface area contributed by atoms with Gasteiger partial charge in [-0.1, -0.05) is 26.0 Å². The standard InChI is InChI=1S/C21H32O2/c1-14(22)23-19-10-9-17-16-8-7-15-6-4-5-12-20(15,2)18(16)11-13-21(17,19)3/h4-5,15-19H,6-13H2,1-3H3/t15-,16-,17+,18-,19+,20+,21+/m1/s1. The molecular formula is C21H32O2. The van der Waals surface area contributed by atoms with Gasteiger partial charge in [-0.15, -0.1) is 0 Å². The maximum Gasteiger partial charge on any atom is 0.302 e. The topological polar surface area (TPSA) is 26.3 Å². The highest BCUT2D eigenvalue weighted by atomic mass is 16.5. The fourth-order valence-electron chi connectivity index (χ4n) is 7.18. The van der Waals surface area contributed by atoms with Crippen molar-refractivity contribution in [3.05, 3.63) is 12.2 Å². The van der Waals surface area contributed by atoms with Gasteiger partial charge >= 0.3 is 5.97 Å². The molecule has 4 rings (SSSR count). The van der Waals surface area contributed by atoms with Gasteiger partial charge in [0.15, 0.2) is 0 Å². The molecule has 4 aliphatic rings. The van der Waals surface area contributed by atoms with Gasteiger partial charge in [-0.05, 0) is 80.5 Å². The Bertz CT molecular complexity index is 524. The lowest BCUT2D eigenvalue weighted by Crippen LogP contribution is -2.53. The zero-order chi connectivity index (χ0) is 16.2. The van der Waals surface area contributed by atoms with Crippen LogP contribution in [-0.2, 0) is 9.53 Å². The van der Waals surface area contributed by atoms with Crippen LogP contribution in [0.1, 0.15) is 72.1 Å². The number of allylic oxidation sites excluding steroid dienone is 2. The highest BCUT2D eigenvalue weighted by Crippen LogP contribution is 2.65. The van der Waals surface area contributed by atoms with E-state index in [1.807, 2.05) is 0 Å². The molecule has 0 spiro atoms. The molecule has 7 atom stereocenters. The largest absolute Gasteiger partial charge is 0.462 e. The van der Waals surface area contributed by atoms with Gasteiger partial charge in [0.25, 0.3) is 0 Å². The van der Waals surface area contributed by atoms with Gasteiger partial charge in [-0.3, -0.25) is 4.79 Å². The van der Waals surface area contributed by atoms with Gasteiger partial charge in [0, 0.05) is 12.3 Å². The number of carbonyl (C=O) groups excluding carboxylic acids is 1. The number of hydrogen-bond donors (Lipinski definition) is 0. The highest BCUT2D eigenvalue weighted by molar-refractivity contribution is 5.66. The van der Waals surface area contributed by atoms with E-state index in [9.17, 15) is 4.79 Å². The second kappa shape index (κ2) is 5.36. The molecule has 128 valence electrons. The van der Waals surface area contributed by atoms with Crippen molar-refractivity contribution in [1.82, 2.24) is 0 Å². The average molecular weight is 316 g/mol. The molecule has 23 heavy (non-hydrogen) atoms. The molecule has 0 amide bonds. The quantitative estimate of drug-likeness (QED) is 0.495. The summed E-state index contributed by atoms with van der Waals surface area (Å²) in [7, 11) is 0. The predicted octanol–water partition coefficient (Wildman–Crippen LogP) is 5.13. The normalized spacial score (nSPS) is 51.5. The minimum atomic E-state index is -0.0907. The van der Waals surface area contributed by atoms with Gasteiger partial charge < -0.3 is 4.74 Å². The first-order valence-corrected chi connectivity index (χ1v) is 9.77. The Morgan fingerprint density at radius 3 is 2.57 bits per heavy atom. The lowest BCUT2D eigenvalue weighted by atomic mass is 9.46. The Kier molecular flexibility index (Phi) is 3.66. The molecule has 3 saturated carbocycles. The smallest absolute Gasteiger partial charge is 0.302 e. The third-order valence-electron chi connectivity index (χ3n) is 8.43. The number of ether oxygens (including phenoxy) is 1. The summed E-state index contributed by atoms with van der Waals surface area (Å²) in [6, 6.07) is 0. The summed E-state index contributed by atoms with van der Waals surface area (Å²) in [4.78, 5) is 11.5. The lowest BCUT2D eigenvalue weighted by Gasteiger charge is -2.59. The van der Waals surface area contributed by atoms with Crippen LogP contribution in [-0.4, -0.2) is 12.1 Å². The zero-order valence-electron chi connectivity index (χ0n) is 15.0. The minimum Gasteiger partial charge on any atom is -0.462 e. The van der Waals surface area contributed by atoms with E-state index >= 15 is 0 Å². The van der Waals surface area contributed by atoms with Crippen molar-refractivity contribution in [3.63, 3.8) is 0 Å². The van der Waals surface area contributed by atoms with Crippen LogP contribution in [0.3, 0.4) is 0 Å². The lowest BCUT2D eigenvalue weighted by molar-refractivity contribution is -0.159. The number of rotatable bonds is 1. The van der Waals surface area contributed by atoms with Gasteiger partial charge in [0.2, 0.25) is 0 Å². The molecule has 4 aliphatic carbocycles. The molecule has 0 bridgehead atoms. The number of fused-ring (bicyclic) bond motifs is 5. The molecule has 0 aromatic rings. The SMILES string of the molecule is CC(=O)O[C@H]1CC[C@H]2[C@H]3CC[C@H]4CC=CC[C@]4(C)[C@@H]3CC[C@]12C. The van der Waals surface area contributed by atoms with Crippen LogP contribution >= 0.6 is 0 Å². The van der Waals surface area contributed by atoms with Crippen molar-refractivity contribution >= 4 is 5.97 Å². The zero-order valence-corrected chi connectivity index (χ0v) is 15.0. The van der Waals surface area contributed by atoms with Crippen LogP contribution in [0.25, 0.3) is 0 Å². The Balaban J connectivity index is 1.60. The third kappa shape index (κ3) is 2.23. The van der Waals surface area contributed by atoms with E-state index in [-0.39, 0.29) is 17.5 Å². The summed E-state index contributed by atoms with van der Waals surface area (Å²) in [6.07, 6.45) is 15.4. The number of hydrogen-bond acceptors (Lipinski definition) is 2. The Morgan fingerprint density at radius 2 is 1.78 bits per heavy atom. The molecule has 0 radical (unpaired) electrons. The maximum atomic E-state index is 11.5. The second-order valence-electron chi connectivity index (χ2n) is 9.29. The summed E-state index contributed by atoms with van der Waals surface area (Å²) >= 11 is 0. The van der Waals surface area contributed by atoms with E-state index in [0.717, 1.165) is 30.1 Å². The van der Waals surface area contributed by atoms with E-state index in [1.54, 1.807) is 6.92 Å². The molecule has 3 fully saturated rings. The Morgan fingerprint density at radius 1 is 1.00 bits per heavy atom. The van der Waals surface area contributed by atoms with Crippen molar-refractivity contribution in [2.75, 3.05) is 0 Å². The Hall–Kier alpha value is -0.790. The molecule has 0 N–H and O–H groups in total. The predicted molar refractivity (Wildman–Crippen MR) is 91.8 cm³/mol. The summed E-state index contributed by atoms with van der Waals surface area (Å²) in [5, 5.41) is 0. The van der Waals surface area contributed by atoms with Crippen LogP contribution in [0.4, 0.5) is 0 Å². The summed E-state index contributed by atoms with van der Waals surface area (Å²) in [5.74, 6) is 3.34. The minimum absolute atomic E-state index is 0.0907. The molecule has 2 nitrogen and oxygen atoms in total. The fraction of sp³-hybridized carbons (Fsp3) is 0.857. The van der Waals surface area contributed by atoms with Crippen LogP contribution < -0.4 is 0 Å². The monoisotopic (exact) mass is 316 g/mol. The van der Waals surface area contributed by atoms with E-state index in [0.29, 0.717) is 5.41 Å². The van der Waals surface area contributed by atoms with E-state index in [4.69, 9.17) is 4.74 Å². The van der Waals surface area contributed by atoms with Crippen LogP contribution in [0.15, 0.2) is 12.2 Å². The summed E-state index contributed by atoms with van der Waals surface area (Å²) in [6.45, 7) is 6.58. The highest BCUT2D eigenvalue weighted by Gasteiger charge is 2.60. The molecule has 2 heteroatoms. The van der Waals surface area contributed by atoms with Crippen LogP contribution in [0.2, 0.25) is 0 Å². The molecule has 0 aromatic carbocycles. The molecule has 0 aromatic heterocycles. The van der Waals surface area contributed by atoms with E-state index in [1.165, 1.54) is 44.9 Å². The van der Waals surface area contributed by atoms with Crippen LogP contribution in [0.5, 0.6) is 0 Å². The Labute approximate surface area is 141 Å². The van der Waals surface area contributed by atoms with Crippen LogP contribution in [0, 0.1) is 34.5 Å². The van der Waals surface area contributed by atoms with Gasteiger partial charge in [0.1, 0.15) is 6.10 Å². The molecule has 0 saturated heterocycles. The molecular weight excluding hydrogens is 284 g/mol. The number of esters is 1. The van der Waals surface area contributed by atoms with Gasteiger partial charge in [-0.25, -0.2) is 0 Å². The van der Waals surface area contributed by atoms with Gasteiger partial charge in [-0.2, -0.15) is 0 Å². The first kappa shape index (κ1) is 15.7. The first-order valence-electron chi connectivity index (χ1n) is 9.77. The first-order chi connectivity index (χ1) is 10.9. The van der Waals surface area contributed by atoms with Crippen molar-refractivity contribution < 1.29 is 9.53 Å². The second-order valence-corrected chi connectivity index (χ2v) is 9.29. The summed E-state index contributed by atoms with van der Waals surface area (Å²) < 4.78 is 5.75. The van der Waals surface area contributed by atoms with Crippen molar-refractivity contribution in [2.24, 2.45) is 34.5 Å². The maximum absolute atomic E-state index is 11.5. The van der Waals surface area contributed by atoms with Crippen molar-refractivity contribution in [3.8, 4) is 0 Å². The molecule has 0 heterocycles. The third-order valence-corrected chi connectivity index (χ3v) is 8.43. The van der Waals surface area contributed by atoms with Gasteiger partial charge in [0.05, 0.1) is 0 Å². The van der Waals surface area contributed by atoms with E-state index < -0.39 is 0 Å². The van der Waals surface area contributed by atoms with Crippen molar-refractivity contribution in [2.45, 2.75) is 78.2 Å². The average Bonchev–Trinajstić information content (AvgIpc) is 2.83. The summed E-state index contributed by atoms with van der Waals surface area (Å²) in [5.41, 5.74) is 0.763. The molecule has 0 unspecified atom stereocenters. The number of carbonyl (C=O) groups is 1. The molecule has 0 aliphatic heterocycles. The fourth-order valence-corrected chi connectivity index (χ4v) is 7.18. The van der Waals surface area contributed by atoms with E-state index in [2.05, 4.69) is 26.0 Å². The van der Waals surface area contributed by atoms with Crippen molar-refractivity contribution in [1.29, 1.82) is 0 Å².